The van der Waals surface area contributed by atoms with Crippen molar-refractivity contribution in [2.45, 2.75) is 0 Å². The van der Waals surface area contributed by atoms with Gasteiger partial charge in [0.15, 0.2) is 0 Å². The molecule has 0 aliphatic rings. The van der Waals surface area contributed by atoms with Crippen molar-refractivity contribution in [2.75, 3.05) is 0 Å². The van der Waals surface area contributed by atoms with Crippen LogP contribution in [0.15, 0.2) is 127 Å². The Morgan fingerprint density at radius 1 is 0.452 bits per heavy atom. The first kappa shape index (κ1) is 24.1. The number of benzene rings is 6. The number of fused-ring (bicyclic) bond motifs is 6. The fourth-order valence-electron chi connectivity index (χ4n) is 6.08. The highest BCUT2D eigenvalue weighted by molar-refractivity contribution is 7.25. The van der Waals surface area contributed by atoms with Gasteiger partial charge in [0.05, 0.1) is 34.3 Å². The molecule has 0 saturated carbocycles. The Bertz CT molecular complexity index is 2450. The smallest absolute Gasteiger partial charge is 0.0992 e. The van der Waals surface area contributed by atoms with Crippen molar-refractivity contribution < 1.29 is 0 Å². The van der Waals surface area contributed by atoms with Gasteiger partial charge in [0.2, 0.25) is 0 Å². The molecule has 0 radical (unpaired) electrons. The third-order valence-electron chi connectivity index (χ3n) is 8.01. The van der Waals surface area contributed by atoms with Crippen molar-refractivity contribution in [3.05, 3.63) is 139 Å². The van der Waals surface area contributed by atoms with E-state index in [0.29, 0.717) is 11.1 Å². The van der Waals surface area contributed by atoms with Crippen LogP contribution in [-0.4, -0.2) is 4.57 Å². The van der Waals surface area contributed by atoms with Crippen LogP contribution in [0.5, 0.6) is 0 Å². The maximum atomic E-state index is 10.0. The van der Waals surface area contributed by atoms with Gasteiger partial charge in [-0.15, -0.1) is 11.3 Å². The summed E-state index contributed by atoms with van der Waals surface area (Å²) in [6.45, 7) is 0. The SMILES string of the molecule is N#Cc1cc(-c2cccc(-c3ccc4sc5ccccc5c4c3)c2)cc(-n2c3ccccc3c3cc(C#N)ccc32)c1. The highest BCUT2D eigenvalue weighted by Gasteiger charge is 2.15. The number of rotatable bonds is 3. The topological polar surface area (TPSA) is 52.5 Å². The molecule has 0 fully saturated rings. The van der Waals surface area contributed by atoms with Crippen LogP contribution in [0.2, 0.25) is 0 Å². The number of thiophene rings is 1. The van der Waals surface area contributed by atoms with Crippen LogP contribution in [0.4, 0.5) is 0 Å². The number of hydrogen-bond donors (Lipinski definition) is 0. The quantitative estimate of drug-likeness (QED) is 0.219. The van der Waals surface area contributed by atoms with E-state index >= 15 is 0 Å². The molecule has 3 nitrogen and oxygen atoms in total. The van der Waals surface area contributed by atoms with Crippen molar-refractivity contribution >= 4 is 53.3 Å². The Labute approximate surface area is 246 Å². The molecule has 0 bridgehead atoms. The van der Waals surface area contributed by atoms with Crippen LogP contribution in [0, 0.1) is 22.7 Å². The molecule has 0 saturated heterocycles. The average molecular weight is 552 g/mol. The third-order valence-corrected chi connectivity index (χ3v) is 9.16. The van der Waals surface area contributed by atoms with E-state index in [1.54, 1.807) is 0 Å². The molecule has 194 valence electrons. The van der Waals surface area contributed by atoms with Crippen LogP contribution in [0.25, 0.3) is 69.9 Å². The normalized spacial score (nSPS) is 11.3. The second-order valence-electron chi connectivity index (χ2n) is 10.5. The van der Waals surface area contributed by atoms with Crippen LogP contribution < -0.4 is 0 Å². The summed E-state index contributed by atoms with van der Waals surface area (Å²) < 4.78 is 4.78. The second kappa shape index (κ2) is 9.46. The second-order valence-corrected chi connectivity index (χ2v) is 11.6. The summed E-state index contributed by atoms with van der Waals surface area (Å²) in [4.78, 5) is 0. The Kier molecular flexibility index (Phi) is 5.44. The van der Waals surface area contributed by atoms with Gasteiger partial charge >= 0.3 is 0 Å². The molecule has 0 atom stereocenters. The molecule has 0 unspecified atom stereocenters. The molecule has 0 N–H and O–H groups in total. The number of nitriles is 2. The maximum absolute atomic E-state index is 10.0. The predicted molar refractivity (Wildman–Crippen MR) is 174 cm³/mol. The largest absolute Gasteiger partial charge is 0.309 e. The molecule has 0 spiro atoms. The van der Waals surface area contributed by atoms with Gasteiger partial charge in [-0.2, -0.15) is 10.5 Å². The zero-order chi connectivity index (χ0) is 28.2. The van der Waals surface area contributed by atoms with Crippen LogP contribution in [0.3, 0.4) is 0 Å². The summed E-state index contributed by atoms with van der Waals surface area (Å²) in [6.07, 6.45) is 0. The van der Waals surface area contributed by atoms with Crippen molar-refractivity contribution in [3.8, 4) is 40.1 Å². The first-order valence-corrected chi connectivity index (χ1v) is 14.5. The van der Waals surface area contributed by atoms with E-state index < -0.39 is 0 Å². The molecule has 4 heteroatoms. The van der Waals surface area contributed by atoms with E-state index in [0.717, 1.165) is 44.2 Å². The van der Waals surface area contributed by atoms with Gasteiger partial charge in [-0.3, -0.25) is 0 Å². The molecular formula is C38H21N3S. The van der Waals surface area contributed by atoms with Gasteiger partial charge in [-0.25, -0.2) is 0 Å². The van der Waals surface area contributed by atoms with Crippen molar-refractivity contribution in [3.63, 3.8) is 0 Å². The van der Waals surface area contributed by atoms with Gasteiger partial charge in [0.1, 0.15) is 0 Å². The molecule has 8 rings (SSSR count). The molecule has 2 heterocycles. The number of aromatic nitrogens is 1. The molecule has 0 aliphatic heterocycles. The molecule has 0 aliphatic carbocycles. The molecule has 2 aromatic heterocycles. The maximum Gasteiger partial charge on any atom is 0.0992 e. The van der Waals surface area contributed by atoms with Crippen molar-refractivity contribution in [2.24, 2.45) is 0 Å². The number of hydrogen-bond acceptors (Lipinski definition) is 3. The van der Waals surface area contributed by atoms with E-state index in [2.05, 4.69) is 102 Å². The lowest BCUT2D eigenvalue weighted by Crippen LogP contribution is -1.96. The number of para-hydroxylation sites is 1. The van der Waals surface area contributed by atoms with Gasteiger partial charge in [-0.1, -0.05) is 60.7 Å². The van der Waals surface area contributed by atoms with E-state index in [1.165, 1.54) is 25.7 Å². The standard InChI is InChI=1S/C38H21N3S/c39-22-24-12-14-36-33(18-24)31-8-1-3-10-35(31)41(36)30-17-25(23-40)16-29(20-30)27-7-5-6-26(19-27)28-13-15-38-34(21-28)32-9-2-4-11-37(32)42-38/h1-21H. The molecular weight excluding hydrogens is 531 g/mol. The molecule has 0 amide bonds. The van der Waals surface area contributed by atoms with Gasteiger partial charge in [0, 0.05) is 36.6 Å². The zero-order valence-corrected chi connectivity index (χ0v) is 23.2. The van der Waals surface area contributed by atoms with Crippen molar-refractivity contribution in [1.82, 2.24) is 4.57 Å². The minimum absolute atomic E-state index is 0.596. The Balaban J connectivity index is 1.29. The Hall–Kier alpha value is -5.68. The summed E-state index contributed by atoms with van der Waals surface area (Å²) in [6, 6.07) is 48.5. The zero-order valence-electron chi connectivity index (χ0n) is 22.4. The Morgan fingerprint density at radius 2 is 1.17 bits per heavy atom. The summed E-state index contributed by atoms with van der Waals surface area (Å²) in [5.74, 6) is 0. The fourth-order valence-corrected chi connectivity index (χ4v) is 7.16. The van der Waals surface area contributed by atoms with Crippen molar-refractivity contribution in [1.29, 1.82) is 10.5 Å². The van der Waals surface area contributed by atoms with Crippen LogP contribution >= 0.6 is 11.3 Å². The first-order chi connectivity index (χ1) is 20.7. The van der Waals surface area contributed by atoms with E-state index in [1.807, 2.05) is 53.8 Å². The Morgan fingerprint density at radius 3 is 2.02 bits per heavy atom. The third kappa shape index (κ3) is 3.79. The summed E-state index contributed by atoms with van der Waals surface area (Å²) in [5, 5.41) is 24.2. The number of nitrogens with zero attached hydrogens (tertiary/aromatic N) is 3. The average Bonchev–Trinajstić information content (AvgIpc) is 3.59. The summed E-state index contributed by atoms with van der Waals surface area (Å²) in [7, 11) is 0. The highest BCUT2D eigenvalue weighted by Crippen LogP contribution is 2.38. The fraction of sp³-hybridized carbons (Fsp3) is 0. The van der Waals surface area contributed by atoms with E-state index in [4.69, 9.17) is 0 Å². The van der Waals surface area contributed by atoms with Gasteiger partial charge < -0.3 is 4.57 Å². The van der Waals surface area contributed by atoms with Gasteiger partial charge in [-0.05, 0) is 89.0 Å². The minimum atomic E-state index is 0.596. The predicted octanol–water partition coefficient (Wildman–Crippen LogP) is 10.2. The van der Waals surface area contributed by atoms with Crippen LogP contribution in [-0.2, 0) is 0 Å². The monoisotopic (exact) mass is 551 g/mol. The lowest BCUT2D eigenvalue weighted by Gasteiger charge is -2.12. The lowest BCUT2D eigenvalue weighted by molar-refractivity contribution is 1.18. The minimum Gasteiger partial charge on any atom is -0.309 e. The van der Waals surface area contributed by atoms with Crippen LogP contribution in [0.1, 0.15) is 11.1 Å². The summed E-state index contributed by atoms with van der Waals surface area (Å²) >= 11 is 1.82. The first-order valence-electron chi connectivity index (χ1n) is 13.7. The summed E-state index contributed by atoms with van der Waals surface area (Å²) in [5.41, 5.74) is 8.50. The highest BCUT2D eigenvalue weighted by atomic mass is 32.1. The van der Waals surface area contributed by atoms with E-state index in [9.17, 15) is 10.5 Å². The van der Waals surface area contributed by atoms with E-state index in [-0.39, 0.29) is 0 Å². The molecule has 8 aromatic rings. The lowest BCUT2D eigenvalue weighted by atomic mass is 9.96. The molecule has 6 aromatic carbocycles. The van der Waals surface area contributed by atoms with Gasteiger partial charge in [0.25, 0.3) is 0 Å². The molecule has 42 heavy (non-hydrogen) atoms.